The Morgan fingerprint density at radius 3 is 2.47 bits per heavy atom. The Balaban J connectivity index is 0.00000450. The van der Waals surface area contributed by atoms with E-state index in [0.717, 1.165) is 23.4 Å². The zero-order valence-corrected chi connectivity index (χ0v) is 20.9. The van der Waals surface area contributed by atoms with Crippen molar-refractivity contribution in [3.8, 4) is 5.75 Å². The molecule has 0 aliphatic carbocycles. The average molecular weight is 545 g/mol. The Morgan fingerprint density at radius 2 is 1.80 bits per heavy atom. The van der Waals surface area contributed by atoms with Crippen LogP contribution in [0.25, 0.3) is 0 Å². The molecule has 0 heterocycles. The van der Waals surface area contributed by atoms with Crippen LogP contribution in [-0.2, 0) is 23.0 Å². The third-order valence-electron chi connectivity index (χ3n) is 4.22. The summed E-state index contributed by atoms with van der Waals surface area (Å²) in [4.78, 5) is 4.62. The van der Waals surface area contributed by atoms with E-state index in [4.69, 9.17) is 4.74 Å². The number of sulfone groups is 1. The molecular formula is C22H32IN3O3S. The van der Waals surface area contributed by atoms with Gasteiger partial charge in [-0.1, -0.05) is 42.5 Å². The van der Waals surface area contributed by atoms with Crippen LogP contribution in [0, 0.1) is 0 Å². The van der Waals surface area contributed by atoms with Crippen molar-refractivity contribution in [2.45, 2.75) is 39.5 Å². The summed E-state index contributed by atoms with van der Waals surface area (Å²) in [6.07, 6.45) is 1.79. The predicted octanol–water partition coefficient (Wildman–Crippen LogP) is 3.76. The first kappa shape index (κ1) is 26.2. The van der Waals surface area contributed by atoms with Gasteiger partial charge in [-0.25, -0.2) is 13.4 Å². The summed E-state index contributed by atoms with van der Waals surface area (Å²) in [5.41, 5.74) is 2.16. The molecule has 30 heavy (non-hydrogen) atoms. The molecule has 0 spiro atoms. The molecule has 2 aromatic rings. The van der Waals surface area contributed by atoms with Gasteiger partial charge in [0.15, 0.2) is 5.96 Å². The molecule has 2 rings (SSSR count). The molecule has 0 saturated carbocycles. The van der Waals surface area contributed by atoms with Gasteiger partial charge < -0.3 is 15.4 Å². The van der Waals surface area contributed by atoms with E-state index in [2.05, 4.69) is 15.6 Å². The lowest BCUT2D eigenvalue weighted by atomic mass is 10.2. The minimum atomic E-state index is -2.97. The molecule has 0 aromatic heterocycles. The number of aliphatic imine (C=N–C) groups is 1. The largest absolute Gasteiger partial charge is 0.489 e. The molecule has 6 nitrogen and oxygen atoms in total. The molecule has 0 aliphatic heterocycles. The van der Waals surface area contributed by atoms with E-state index in [1.165, 1.54) is 6.26 Å². The van der Waals surface area contributed by atoms with Crippen LogP contribution in [0.5, 0.6) is 5.75 Å². The molecule has 2 N–H and O–H groups in total. The Bertz CT molecular complexity index is 890. The van der Waals surface area contributed by atoms with Crippen molar-refractivity contribution >= 4 is 39.8 Å². The molecule has 0 aliphatic rings. The first-order chi connectivity index (χ1) is 13.9. The maximum absolute atomic E-state index is 11.3. The van der Waals surface area contributed by atoms with Gasteiger partial charge in [0.25, 0.3) is 0 Å². The smallest absolute Gasteiger partial charge is 0.191 e. The number of halogens is 1. The average Bonchev–Trinajstić information content (AvgIpc) is 2.70. The van der Waals surface area contributed by atoms with Crippen LogP contribution in [0.4, 0.5) is 0 Å². The summed E-state index contributed by atoms with van der Waals surface area (Å²) in [6.45, 7) is 5.70. The fourth-order valence-electron chi connectivity index (χ4n) is 2.66. The topological polar surface area (TPSA) is 79.8 Å². The number of guanidine groups is 1. The van der Waals surface area contributed by atoms with E-state index in [-0.39, 0.29) is 35.8 Å². The zero-order valence-electron chi connectivity index (χ0n) is 17.8. The second kappa shape index (κ2) is 13.5. The van der Waals surface area contributed by atoms with Gasteiger partial charge in [-0.05, 0) is 43.5 Å². The van der Waals surface area contributed by atoms with Gasteiger partial charge in [0.1, 0.15) is 22.2 Å². The second-order valence-electron chi connectivity index (χ2n) is 7.08. The number of nitrogens with zero attached hydrogens (tertiary/aromatic N) is 1. The Morgan fingerprint density at radius 1 is 1.10 bits per heavy atom. The lowest BCUT2D eigenvalue weighted by Gasteiger charge is -2.17. The summed E-state index contributed by atoms with van der Waals surface area (Å²) in [5, 5.41) is 6.47. The fourth-order valence-corrected chi connectivity index (χ4v) is 3.44. The molecule has 1 atom stereocenters. The van der Waals surface area contributed by atoms with Gasteiger partial charge >= 0.3 is 0 Å². The minimum absolute atomic E-state index is 0. The Hall–Kier alpha value is -1.81. The van der Waals surface area contributed by atoms with Crippen molar-refractivity contribution in [3.63, 3.8) is 0 Å². The van der Waals surface area contributed by atoms with E-state index < -0.39 is 9.84 Å². The molecular weight excluding hydrogens is 513 g/mol. The van der Waals surface area contributed by atoms with Crippen LogP contribution in [0.3, 0.4) is 0 Å². The van der Waals surface area contributed by atoms with Crippen molar-refractivity contribution in [2.75, 3.05) is 18.6 Å². The summed E-state index contributed by atoms with van der Waals surface area (Å²) < 4.78 is 28.6. The van der Waals surface area contributed by atoms with E-state index in [1.54, 1.807) is 0 Å². The lowest BCUT2D eigenvalue weighted by molar-refractivity contribution is 0.306. The maximum atomic E-state index is 11.3. The van der Waals surface area contributed by atoms with Crippen LogP contribution in [0.2, 0.25) is 0 Å². The van der Waals surface area contributed by atoms with Crippen LogP contribution in [-0.4, -0.2) is 39.0 Å². The first-order valence-electron chi connectivity index (χ1n) is 9.84. The maximum Gasteiger partial charge on any atom is 0.191 e. The minimum Gasteiger partial charge on any atom is -0.489 e. The van der Waals surface area contributed by atoms with Gasteiger partial charge in [0, 0.05) is 18.8 Å². The van der Waals surface area contributed by atoms with Gasteiger partial charge in [-0.3, -0.25) is 0 Å². The standard InChI is InChI=1S/C22H31N3O3S.HI/c1-4-23-22(25-18(2)13-14-29(3,26)27)24-16-20-11-8-12-21(15-20)28-17-19-9-6-5-7-10-19;/h5-12,15,18H,4,13-14,16-17H2,1-3H3,(H2,23,24,25);1H. The summed E-state index contributed by atoms with van der Waals surface area (Å²) in [5.74, 6) is 1.63. The van der Waals surface area contributed by atoms with Gasteiger partial charge in [-0.2, -0.15) is 0 Å². The number of ether oxygens (including phenoxy) is 1. The molecule has 1 unspecified atom stereocenters. The number of benzene rings is 2. The fraction of sp³-hybridized carbons (Fsp3) is 0.409. The number of rotatable bonds is 10. The number of nitrogens with one attached hydrogen (secondary N) is 2. The molecule has 166 valence electrons. The Labute approximate surface area is 197 Å². The molecule has 0 amide bonds. The highest BCUT2D eigenvalue weighted by Crippen LogP contribution is 2.16. The van der Waals surface area contributed by atoms with Crippen molar-refractivity contribution in [1.29, 1.82) is 0 Å². The second-order valence-corrected chi connectivity index (χ2v) is 9.34. The van der Waals surface area contributed by atoms with E-state index in [1.807, 2.05) is 68.4 Å². The van der Waals surface area contributed by atoms with Gasteiger partial charge in [0.2, 0.25) is 0 Å². The van der Waals surface area contributed by atoms with Crippen LogP contribution in [0.15, 0.2) is 59.6 Å². The normalized spacial score (nSPS) is 12.6. The van der Waals surface area contributed by atoms with Crippen LogP contribution >= 0.6 is 24.0 Å². The summed E-state index contributed by atoms with van der Waals surface area (Å²) in [6, 6.07) is 17.9. The molecule has 0 saturated heterocycles. The van der Waals surface area contributed by atoms with E-state index in [9.17, 15) is 8.42 Å². The number of hydrogen-bond donors (Lipinski definition) is 2. The van der Waals surface area contributed by atoms with Crippen molar-refractivity contribution < 1.29 is 13.2 Å². The van der Waals surface area contributed by atoms with Crippen molar-refractivity contribution in [3.05, 3.63) is 65.7 Å². The third-order valence-corrected chi connectivity index (χ3v) is 5.19. The molecule has 0 radical (unpaired) electrons. The molecule has 8 heteroatoms. The zero-order chi connectivity index (χ0) is 21.1. The Kier molecular flexibility index (Phi) is 11.8. The molecule has 0 fully saturated rings. The predicted molar refractivity (Wildman–Crippen MR) is 134 cm³/mol. The highest BCUT2D eigenvalue weighted by Gasteiger charge is 2.09. The first-order valence-corrected chi connectivity index (χ1v) is 11.9. The highest BCUT2D eigenvalue weighted by molar-refractivity contribution is 14.0. The summed E-state index contributed by atoms with van der Waals surface area (Å²) >= 11 is 0. The summed E-state index contributed by atoms with van der Waals surface area (Å²) in [7, 11) is -2.97. The van der Waals surface area contributed by atoms with Crippen molar-refractivity contribution in [2.24, 2.45) is 4.99 Å². The van der Waals surface area contributed by atoms with E-state index in [0.29, 0.717) is 25.5 Å². The third kappa shape index (κ3) is 10.8. The molecule has 0 bridgehead atoms. The lowest BCUT2D eigenvalue weighted by Crippen LogP contribution is -2.42. The SMILES string of the molecule is CCNC(=NCc1cccc(OCc2ccccc2)c1)NC(C)CCS(C)(=O)=O.I. The van der Waals surface area contributed by atoms with Crippen LogP contribution in [0.1, 0.15) is 31.4 Å². The van der Waals surface area contributed by atoms with Gasteiger partial charge in [-0.15, -0.1) is 24.0 Å². The molecule has 2 aromatic carbocycles. The van der Waals surface area contributed by atoms with E-state index >= 15 is 0 Å². The van der Waals surface area contributed by atoms with Gasteiger partial charge in [0.05, 0.1) is 12.3 Å². The monoisotopic (exact) mass is 545 g/mol. The van der Waals surface area contributed by atoms with Crippen LogP contribution < -0.4 is 15.4 Å². The highest BCUT2D eigenvalue weighted by atomic mass is 127. The number of hydrogen-bond acceptors (Lipinski definition) is 4. The van der Waals surface area contributed by atoms with Crippen molar-refractivity contribution in [1.82, 2.24) is 10.6 Å². The quantitative estimate of drug-likeness (QED) is 0.270.